The topological polar surface area (TPSA) is 0 Å². The molecular weight excluding hydrogens is 770 g/mol. The molecule has 0 amide bonds. The Morgan fingerprint density at radius 1 is 0.422 bits per heavy atom. The van der Waals surface area contributed by atoms with Crippen LogP contribution in [-0.4, -0.2) is 6.94 Å². The van der Waals surface area contributed by atoms with Gasteiger partial charge in [-0.1, -0.05) is 0 Å². The van der Waals surface area contributed by atoms with Crippen LogP contribution in [0, 0.1) is 0 Å². The van der Waals surface area contributed by atoms with Crippen LogP contribution in [0.1, 0.15) is 29.6 Å². The molecule has 0 saturated heterocycles. The predicted octanol–water partition coefficient (Wildman–Crippen LogP) is 10.6. The molecule has 0 nitrogen and oxygen atoms in total. The molecule has 2 unspecified atom stereocenters. The molecule has 9 rings (SSSR count). The third-order valence-corrected chi connectivity index (χ3v) is 44.5. The summed E-state index contributed by atoms with van der Waals surface area (Å²) < 4.78 is 5.13. The van der Waals surface area contributed by atoms with Gasteiger partial charge in [0.05, 0.1) is 0 Å². The zero-order valence-electron chi connectivity index (χ0n) is 25.1. The predicted molar refractivity (Wildman–Crippen MR) is 201 cm³/mol. The van der Waals surface area contributed by atoms with E-state index in [0.29, 0.717) is 7.35 Å². The SMILES string of the molecule is Cl.Cl.[CH3][Hf](=[SiH2])([c]1ccccc1)([CH]1C=Cc2c1c1ccccc1c1ccccc21)[CH]1C=Cc2c1c1ccccc1c1ccccc21. The van der Waals surface area contributed by atoms with Crippen molar-refractivity contribution in [2.75, 3.05) is 0 Å². The van der Waals surface area contributed by atoms with Gasteiger partial charge in [0.2, 0.25) is 0 Å². The summed E-state index contributed by atoms with van der Waals surface area (Å²) >= 11 is -4.29. The molecule has 0 aromatic heterocycles. The number of fused-ring (bicyclic) bond motifs is 12. The van der Waals surface area contributed by atoms with Crippen molar-refractivity contribution >= 4 is 90.3 Å². The first-order chi connectivity index (χ1) is 21.1. The minimum atomic E-state index is -4.29. The van der Waals surface area contributed by atoms with Crippen molar-refractivity contribution in [3.63, 3.8) is 0 Å². The second-order valence-electron chi connectivity index (χ2n) is 13.1. The number of hydrogen-bond donors (Lipinski definition) is 0. The first-order valence-electron chi connectivity index (χ1n) is 15.4. The van der Waals surface area contributed by atoms with Gasteiger partial charge in [-0.25, -0.2) is 0 Å². The van der Waals surface area contributed by atoms with E-state index in [2.05, 4.69) is 163 Å². The van der Waals surface area contributed by atoms with E-state index in [0.717, 1.165) is 0 Å². The average Bonchev–Trinajstić information content (AvgIpc) is 3.73. The molecule has 45 heavy (non-hydrogen) atoms. The summed E-state index contributed by atoms with van der Waals surface area (Å²) in [6.07, 6.45) is 10.2. The molecule has 4 heteroatoms. The summed E-state index contributed by atoms with van der Waals surface area (Å²) in [5.74, 6) is 0. The van der Waals surface area contributed by atoms with E-state index in [1.165, 1.54) is 54.2 Å². The monoisotopic (exact) mass is 804 g/mol. The van der Waals surface area contributed by atoms with Gasteiger partial charge in [0.15, 0.2) is 0 Å². The summed E-state index contributed by atoms with van der Waals surface area (Å²) in [7, 11) is 0. The van der Waals surface area contributed by atoms with Gasteiger partial charge in [0.25, 0.3) is 0 Å². The number of allylic oxidation sites excluding steroid dienone is 2. The van der Waals surface area contributed by atoms with Gasteiger partial charge in [-0.05, 0) is 0 Å². The van der Waals surface area contributed by atoms with Crippen molar-refractivity contribution in [3.05, 3.63) is 162 Å². The van der Waals surface area contributed by atoms with Crippen molar-refractivity contribution in [3.8, 4) is 0 Å². The summed E-state index contributed by atoms with van der Waals surface area (Å²) in [5, 5.41) is 11.1. The molecule has 0 aliphatic heterocycles. The van der Waals surface area contributed by atoms with Crippen molar-refractivity contribution in [2.24, 2.45) is 0 Å². The first kappa shape index (κ1) is 30.4. The number of halogens is 2. The van der Waals surface area contributed by atoms with Gasteiger partial charge < -0.3 is 0 Å². The zero-order valence-corrected chi connectivity index (χ0v) is 31.8. The van der Waals surface area contributed by atoms with Gasteiger partial charge in [0, 0.05) is 0 Å². The van der Waals surface area contributed by atoms with E-state index in [-0.39, 0.29) is 24.8 Å². The fourth-order valence-corrected chi connectivity index (χ4v) is 36.9. The maximum atomic E-state index is 2.77. The molecule has 0 heterocycles. The number of hydrogen-bond acceptors (Lipinski definition) is 0. The summed E-state index contributed by atoms with van der Waals surface area (Å²) in [6.45, 7) is 2.44. The molecule has 0 bridgehead atoms. The van der Waals surface area contributed by atoms with Crippen LogP contribution < -0.4 is 3.32 Å². The molecule has 2 aliphatic carbocycles. The van der Waals surface area contributed by atoms with Crippen molar-refractivity contribution in [2.45, 2.75) is 12.0 Å². The van der Waals surface area contributed by atoms with Gasteiger partial charge in [-0.2, -0.15) is 0 Å². The van der Waals surface area contributed by atoms with Crippen LogP contribution in [0.2, 0.25) is 4.68 Å². The second-order valence-corrected chi connectivity index (χ2v) is 51.0. The van der Waals surface area contributed by atoms with Crippen molar-refractivity contribution in [1.29, 1.82) is 0 Å². The Kier molecular flexibility index (Phi) is 7.37. The molecule has 7 aromatic carbocycles. The Morgan fingerprint density at radius 3 is 1.13 bits per heavy atom. The molecule has 0 radical (unpaired) electrons. The molecular formula is C41H34Cl2HfSi. The van der Waals surface area contributed by atoms with Crippen LogP contribution in [0.25, 0.3) is 55.2 Å². The number of benzene rings is 7. The molecule has 7 aromatic rings. The quantitative estimate of drug-likeness (QED) is 0.123. The Balaban J connectivity index is 0.00000163. The van der Waals surface area contributed by atoms with E-state index in [1.807, 2.05) is 0 Å². The van der Waals surface area contributed by atoms with Crippen LogP contribution in [0.15, 0.2) is 140 Å². The Bertz CT molecular complexity index is 2300. The van der Waals surface area contributed by atoms with Crippen LogP contribution in [0.4, 0.5) is 0 Å². The van der Waals surface area contributed by atoms with Crippen molar-refractivity contribution in [1.82, 2.24) is 0 Å². The van der Waals surface area contributed by atoms with Gasteiger partial charge in [-0.15, -0.1) is 24.8 Å². The fraction of sp³-hybridized carbons (Fsp3) is 0.0732. The van der Waals surface area contributed by atoms with Crippen LogP contribution in [0.3, 0.4) is 0 Å². The van der Waals surface area contributed by atoms with Gasteiger partial charge in [-0.3, -0.25) is 0 Å². The molecule has 0 spiro atoms. The van der Waals surface area contributed by atoms with Crippen LogP contribution in [-0.2, 0) is 17.1 Å². The van der Waals surface area contributed by atoms with E-state index < -0.39 is 17.1 Å². The van der Waals surface area contributed by atoms with Crippen molar-refractivity contribution < 1.29 is 17.1 Å². The van der Waals surface area contributed by atoms with E-state index >= 15 is 0 Å². The average molecular weight is 804 g/mol. The summed E-state index contributed by atoms with van der Waals surface area (Å²) in [6, 6.07) is 48.0. The Hall–Kier alpha value is -3.27. The summed E-state index contributed by atoms with van der Waals surface area (Å²) in [4.78, 5) is 0. The minimum absolute atomic E-state index is 0. The normalized spacial score (nSPS) is 16.9. The fourth-order valence-electron chi connectivity index (χ4n) is 8.81. The molecule has 0 fully saturated rings. The first-order valence-corrected chi connectivity index (χ1v) is 33.3. The molecule has 220 valence electrons. The Labute approximate surface area is 279 Å². The van der Waals surface area contributed by atoms with E-state index in [4.69, 9.17) is 0 Å². The van der Waals surface area contributed by atoms with E-state index in [9.17, 15) is 0 Å². The summed E-state index contributed by atoms with van der Waals surface area (Å²) in [5.41, 5.74) is 5.96. The second kappa shape index (κ2) is 10.9. The zero-order chi connectivity index (χ0) is 28.8. The van der Waals surface area contributed by atoms with Crippen LogP contribution >= 0.6 is 24.8 Å². The van der Waals surface area contributed by atoms with Crippen LogP contribution in [0.5, 0.6) is 0 Å². The third kappa shape index (κ3) is 4.06. The molecule has 0 N–H and O–H groups in total. The molecule has 0 saturated carbocycles. The molecule has 2 atom stereocenters. The molecule has 2 aliphatic rings. The number of rotatable bonds is 3. The standard InChI is InChI=1S/2C17H11.C6H5.CH3.2ClH.Hf.H2Si/c2*1-3-8-14-12(6-1)13-7-2-4-9-15(13)17-11-5-10-16(14)17;1-2-4-6-5-3-1;;;;;/h2*1-11H;1-5H;1H3;2*1H;;1H2. The van der Waals surface area contributed by atoms with E-state index in [1.54, 1.807) is 14.4 Å². The Morgan fingerprint density at radius 2 is 0.733 bits per heavy atom. The third-order valence-electron chi connectivity index (χ3n) is 10.9. The van der Waals surface area contributed by atoms with Gasteiger partial charge >= 0.3 is 256 Å². The van der Waals surface area contributed by atoms with Gasteiger partial charge in [0.1, 0.15) is 0 Å². The maximum absolute atomic E-state index is 4.29.